The zero-order valence-corrected chi connectivity index (χ0v) is 12.3. The first-order valence-electron chi connectivity index (χ1n) is 6.40. The summed E-state index contributed by atoms with van der Waals surface area (Å²) >= 11 is 3.61. The van der Waals surface area contributed by atoms with Crippen molar-refractivity contribution >= 4 is 15.9 Å². The van der Waals surface area contributed by atoms with Gasteiger partial charge < -0.3 is 5.32 Å². The minimum absolute atomic E-state index is 0.708. The van der Waals surface area contributed by atoms with Crippen LogP contribution in [-0.4, -0.2) is 30.6 Å². The zero-order valence-electron chi connectivity index (χ0n) is 10.7. The Labute approximate surface area is 113 Å². The van der Waals surface area contributed by atoms with E-state index in [1.54, 1.807) is 0 Å². The van der Waals surface area contributed by atoms with E-state index in [9.17, 15) is 0 Å². The number of halogens is 1. The Balaban J connectivity index is 2.04. The molecule has 0 aromatic heterocycles. The molecule has 1 aliphatic heterocycles. The Hall–Kier alpha value is -0.380. The molecular weight excluding hydrogens is 276 g/mol. The number of aryl methyl sites for hydroxylation is 1. The molecule has 1 aliphatic rings. The van der Waals surface area contributed by atoms with Crippen LogP contribution in [0, 0.1) is 6.92 Å². The second-order valence-corrected chi connectivity index (χ2v) is 5.65. The average molecular weight is 297 g/mol. The van der Waals surface area contributed by atoms with Crippen LogP contribution in [0.3, 0.4) is 0 Å². The van der Waals surface area contributed by atoms with Gasteiger partial charge in [-0.2, -0.15) is 0 Å². The van der Waals surface area contributed by atoms with Gasteiger partial charge >= 0.3 is 0 Å². The van der Waals surface area contributed by atoms with Gasteiger partial charge in [-0.25, -0.2) is 0 Å². The molecular formula is C14H21BrN2. The monoisotopic (exact) mass is 296 g/mol. The summed E-state index contributed by atoms with van der Waals surface area (Å²) in [7, 11) is 0. The number of hydrogen-bond donors (Lipinski definition) is 1. The number of nitrogens with one attached hydrogen (secondary N) is 1. The topological polar surface area (TPSA) is 15.3 Å². The molecule has 17 heavy (non-hydrogen) atoms. The Morgan fingerprint density at radius 1 is 1.47 bits per heavy atom. The molecule has 1 N–H and O–H groups in total. The minimum atomic E-state index is 0.708. The lowest BCUT2D eigenvalue weighted by Gasteiger charge is -2.27. The van der Waals surface area contributed by atoms with Crippen LogP contribution in [0.2, 0.25) is 0 Å². The number of benzene rings is 1. The Morgan fingerprint density at radius 2 is 2.29 bits per heavy atom. The van der Waals surface area contributed by atoms with Crippen molar-refractivity contribution in [3.8, 4) is 0 Å². The van der Waals surface area contributed by atoms with Crippen LogP contribution in [0.4, 0.5) is 0 Å². The van der Waals surface area contributed by atoms with Crippen LogP contribution in [-0.2, 0) is 6.54 Å². The molecule has 1 unspecified atom stereocenters. The number of rotatable bonds is 4. The molecule has 1 heterocycles. The van der Waals surface area contributed by atoms with Crippen LogP contribution in [0.25, 0.3) is 0 Å². The first-order chi connectivity index (χ1) is 8.20. The van der Waals surface area contributed by atoms with Crippen molar-refractivity contribution in [3.05, 3.63) is 33.8 Å². The van der Waals surface area contributed by atoms with Crippen LogP contribution in [0.1, 0.15) is 24.5 Å². The summed E-state index contributed by atoms with van der Waals surface area (Å²) in [5.74, 6) is 0. The molecule has 94 valence electrons. The lowest BCUT2D eigenvalue weighted by atomic mass is 10.1. The molecule has 2 nitrogen and oxygen atoms in total. The van der Waals surface area contributed by atoms with Crippen molar-refractivity contribution in [3.63, 3.8) is 0 Å². The fourth-order valence-electron chi connectivity index (χ4n) is 2.42. The van der Waals surface area contributed by atoms with Gasteiger partial charge in [0.25, 0.3) is 0 Å². The number of likely N-dealkylation sites (N-methyl/N-ethyl adjacent to an activating group) is 1. The fraction of sp³-hybridized carbons (Fsp3) is 0.571. The summed E-state index contributed by atoms with van der Waals surface area (Å²) in [6, 6.07) is 7.39. The molecule has 0 bridgehead atoms. The standard InChI is InChI=1S/C14H21BrN2/c1-3-17(13-6-7-16-9-13)10-12-5-4-11(2)14(15)8-12/h4-5,8,13,16H,3,6-7,9-10H2,1-2H3. The van der Waals surface area contributed by atoms with E-state index in [2.05, 4.69) is 58.2 Å². The first kappa shape index (κ1) is 13.1. The van der Waals surface area contributed by atoms with Gasteiger partial charge in [0, 0.05) is 23.6 Å². The van der Waals surface area contributed by atoms with Gasteiger partial charge in [0.2, 0.25) is 0 Å². The normalized spacial score (nSPS) is 20.1. The fourth-order valence-corrected chi connectivity index (χ4v) is 2.85. The third-order valence-electron chi connectivity index (χ3n) is 3.58. The average Bonchev–Trinajstić information content (AvgIpc) is 2.84. The predicted molar refractivity (Wildman–Crippen MR) is 76.2 cm³/mol. The van der Waals surface area contributed by atoms with Gasteiger partial charge in [0.05, 0.1) is 0 Å². The lowest BCUT2D eigenvalue weighted by molar-refractivity contribution is 0.210. The van der Waals surface area contributed by atoms with E-state index >= 15 is 0 Å². The second kappa shape index (κ2) is 5.98. The van der Waals surface area contributed by atoms with Gasteiger partial charge in [-0.05, 0) is 43.6 Å². The first-order valence-corrected chi connectivity index (χ1v) is 7.19. The van der Waals surface area contributed by atoms with Crippen LogP contribution in [0.5, 0.6) is 0 Å². The van der Waals surface area contributed by atoms with Crippen LogP contribution < -0.4 is 5.32 Å². The van der Waals surface area contributed by atoms with E-state index in [1.165, 1.54) is 28.6 Å². The van der Waals surface area contributed by atoms with Crippen molar-refractivity contribution in [1.29, 1.82) is 0 Å². The highest BCUT2D eigenvalue weighted by molar-refractivity contribution is 9.10. The largest absolute Gasteiger partial charge is 0.315 e. The van der Waals surface area contributed by atoms with Crippen LogP contribution in [0.15, 0.2) is 22.7 Å². The van der Waals surface area contributed by atoms with Crippen molar-refractivity contribution in [2.45, 2.75) is 32.9 Å². The SMILES string of the molecule is CCN(Cc1ccc(C)c(Br)c1)C1CCNC1. The third kappa shape index (κ3) is 3.30. The molecule has 1 fully saturated rings. The van der Waals surface area contributed by atoms with E-state index in [-0.39, 0.29) is 0 Å². The van der Waals surface area contributed by atoms with Gasteiger partial charge in [-0.15, -0.1) is 0 Å². The molecule has 1 saturated heterocycles. The molecule has 0 radical (unpaired) electrons. The zero-order chi connectivity index (χ0) is 12.3. The minimum Gasteiger partial charge on any atom is -0.315 e. The predicted octanol–water partition coefficient (Wildman–Crippen LogP) is 2.94. The summed E-state index contributed by atoms with van der Waals surface area (Å²) in [5, 5.41) is 3.44. The number of hydrogen-bond acceptors (Lipinski definition) is 2. The summed E-state index contributed by atoms with van der Waals surface area (Å²) in [6.45, 7) is 8.87. The molecule has 1 aromatic rings. The maximum atomic E-state index is 3.61. The molecule has 2 rings (SSSR count). The van der Waals surface area contributed by atoms with Crippen molar-refractivity contribution < 1.29 is 0 Å². The van der Waals surface area contributed by atoms with Gasteiger partial charge in [0.15, 0.2) is 0 Å². The van der Waals surface area contributed by atoms with Crippen LogP contribution >= 0.6 is 15.9 Å². The molecule has 0 amide bonds. The summed E-state index contributed by atoms with van der Waals surface area (Å²) < 4.78 is 1.22. The molecule has 1 aromatic carbocycles. The van der Waals surface area contributed by atoms with E-state index in [0.717, 1.165) is 19.6 Å². The molecule has 0 aliphatic carbocycles. The third-order valence-corrected chi connectivity index (χ3v) is 4.43. The van der Waals surface area contributed by atoms with Crippen molar-refractivity contribution in [2.75, 3.05) is 19.6 Å². The molecule has 1 atom stereocenters. The van der Waals surface area contributed by atoms with E-state index in [1.807, 2.05) is 0 Å². The lowest BCUT2D eigenvalue weighted by Crippen LogP contribution is -2.36. The van der Waals surface area contributed by atoms with Gasteiger partial charge in [0.1, 0.15) is 0 Å². The molecule has 0 saturated carbocycles. The maximum absolute atomic E-state index is 3.61. The van der Waals surface area contributed by atoms with E-state index < -0.39 is 0 Å². The summed E-state index contributed by atoms with van der Waals surface area (Å²) in [5.41, 5.74) is 2.70. The summed E-state index contributed by atoms with van der Waals surface area (Å²) in [6.07, 6.45) is 1.28. The highest BCUT2D eigenvalue weighted by Gasteiger charge is 2.20. The van der Waals surface area contributed by atoms with E-state index in [0.29, 0.717) is 6.04 Å². The highest BCUT2D eigenvalue weighted by atomic mass is 79.9. The Kier molecular flexibility index (Phi) is 4.60. The van der Waals surface area contributed by atoms with E-state index in [4.69, 9.17) is 0 Å². The van der Waals surface area contributed by atoms with Gasteiger partial charge in [-0.3, -0.25) is 4.90 Å². The molecule has 0 spiro atoms. The van der Waals surface area contributed by atoms with Crippen molar-refractivity contribution in [1.82, 2.24) is 10.2 Å². The van der Waals surface area contributed by atoms with Crippen molar-refractivity contribution in [2.24, 2.45) is 0 Å². The Bertz CT molecular complexity index is 372. The quantitative estimate of drug-likeness (QED) is 0.919. The number of nitrogens with zero attached hydrogens (tertiary/aromatic N) is 1. The van der Waals surface area contributed by atoms with Gasteiger partial charge in [-0.1, -0.05) is 35.0 Å². The summed E-state index contributed by atoms with van der Waals surface area (Å²) in [4.78, 5) is 2.57. The highest BCUT2D eigenvalue weighted by Crippen LogP contribution is 2.20. The Morgan fingerprint density at radius 3 is 2.88 bits per heavy atom. The second-order valence-electron chi connectivity index (χ2n) is 4.79. The smallest absolute Gasteiger partial charge is 0.0237 e. The maximum Gasteiger partial charge on any atom is 0.0237 e. The molecule has 3 heteroatoms.